The molecule has 0 spiro atoms. The average molecular weight is 327 g/mol. The van der Waals surface area contributed by atoms with Gasteiger partial charge in [0.05, 0.1) is 7.11 Å². The van der Waals surface area contributed by atoms with Crippen molar-refractivity contribution in [3.05, 3.63) is 64.7 Å². The van der Waals surface area contributed by atoms with Crippen molar-refractivity contribution in [2.24, 2.45) is 0 Å². The lowest BCUT2D eigenvalue weighted by atomic mass is 10.2. The van der Waals surface area contributed by atoms with Crippen LogP contribution < -0.4 is 9.47 Å². The van der Waals surface area contributed by atoms with Crippen LogP contribution in [0.15, 0.2) is 48.5 Å². The van der Waals surface area contributed by atoms with Gasteiger partial charge >= 0.3 is 0 Å². The van der Waals surface area contributed by atoms with Gasteiger partial charge in [-0.15, -0.1) is 0 Å². The van der Waals surface area contributed by atoms with E-state index < -0.39 is 0 Å². The van der Waals surface area contributed by atoms with Crippen LogP contribution >= 0.6 is 12.2 Å². The molecule has 3 aromatic rings. The highest BCUT2D eigenvalue weighted by molar-refractivity contribution is 7.71. The number of aryl methyl sites for hydroxylation is 1. The average Bonchev–Trinajstić information content (AvgIpc) is 2.95. The largest absolute Gasteiger partial charge is 0.493 e. The van der Waals surface area contributed by atoms with Crippen molar-refractivity contribution in [1.29, 1.82) is 0 Å². The Balaban J connectivity index is 1.87. The van der Waals surface area contributed by atoms with Gasteiger partial charge in [-0.1, -0.05) is 24.3 Å². The molecule has 0 aliphatic rings. The molecule has 118 valence electrons. The van der Waals surface area contributed by atoms with Crippen LogP contribution in [0.4, 0.5) is 0 Å². The number of rotatable bonds is 5. The summed E-state index contributed by atoms with van der Waals surface area (Å²) in [7, 11) is 1.63. The number of benzene rings is 2. The van der Waals surface area contributed by atoms with Gasteiger partial charge in [0.15, 0.2) is 22.1 Å². The highest BCUT2D eigenvalue weighted by Crippen LogP contribution is 2.28. The Bertz CT molecular complexity index is 856. The van der Waals surface area contributed by atoms with Gasteiger partial charge in [0.1, 0.15) is 6.61 Å². The summed E-state index contributed by atoms with van der Waals surface area (Å²) in [6.07, 6.45) is 0. The normalized spacial score (nSPS) is 10.5. The lowest BCUT2D eigenvalue weighted by Crippen LogP contribution is -2.06. The Morgan fingerprint density at radius 3 is 2.65 bits per heavy atom. The van der Waals surface area contributed by atoms with Crippen molar-refractivity contribution in [2.45, 2.75) is 13.5 Å². The van der Waals surface area contributed by atoms with Gasteiger partial charge in [0, 0.05) is 5.69 Å². The summed E-state index contributed by atoms with van der Waals surface area (Å²) in [5.41, 5.74) is 2.06. The lowest BCUT2D eigenvalue weighted by molar-refractivity contribution is 0.274. The van der Waals surface area contributed by atoms with Crippen molar-refractivity contribution in [2.75, 3.05) is 7.11 Å². The number of methoxy groups -OCH3 is 1. The molecular formula is C17H17N3O2S. The molecule has 0 aliphatic carbocycles. The van der Waals surface area contributed by atoms with Crippen LogP contribution in [-0.2, 0) is 6.61 Å². The molecule has 0 amide bonds. The van der Waals surface area contributed by atoms with Gasteiger partial charge in [-0.25, -0.2) is 0 Å². The molecular weight excluding hydrogens is 310 g/mol. The molecule has 6 heteroatoms. The van der Waals surface area contributed by atoms with Gasteiger partial charge in [-0.3, -0.25) is 9.67 Å². The molecule has 5 nitrogen and oxygen atoms in total. The number of hydrogen-bond acceptors (Lipinski definition) is 4. The predicted molar refractivity (Wildman–Crippen MR) is 90.8 cm³/mol. The fraction of sp³-hybridized carbons (Fsp3) is 0.176. The zero-order valence-corrected chi connectivity index (χ0v) is 13.8. The summed E-state index contributed by atoms with van der Waals surface area (Å²) in [5, 5.41) is 7.07. The number of hydrogen-bond donors (Lipinski definition) is 1. The second-order valence-electron chi connectivity index (χ2n) is 5.06. The third-order valence-electron chi connectivity index (χ3n) is 3.43. The molecule has 0 unspecified atom stereocenters. The smallest absolute Gasteiger partial charge is 0.199 e. The van der Waals surface area contributed by atoms with E-state index in [1.54, 1.807) is 7.11 Å². The Hall–Kier alpha value is -2.60. The highest BCUT2D eigenvalue weighted by atomic mass is 32.1. The van der Waals surface area contributed by atoms with E-state index in [1.165, 1.54) is 0 Å². The molecule has 0 saturated heterocycles. The van der Waals surface area contributed by atoms with Crippen molar-refractivity contribution in [3.63, 3.8) is 0 Å². The first-order chi connectivity index (χ1) is 11.2. The molecule has 0 atom stereocenters. The number of H-pyrrole nitrogens is 1. The maximum atomic E-state index is 5.87. The molecule has 1 aromatic heterocycles. The van der Waals surface area contributed by atoms with Gasteiger partial charge < -0.3 is 9.47 Å². The zero-order chi connectivity index (χ0) is 16.2. The fourth-order valence-corrected chi connectivity index (χ4v) is 2.56. The van der Waals surface area contributed by atoms with Crippen LogP contribution in [0.2, 0.25) is 0 Å². The second-order valence-corrected chi connectivity index (χ2v) is 5.45. The minimum atomic E-state index is 0.279. The maximum Gasteiger partial charge on any atom is 0.199 e. The first-order valence-electron chi connectivity index (χ1n) is 7.18. The van der Waals surface area contributed by atoms with Gasteiger partial charge in [-0.2, -0.15) is 5.10 Å². The molecule has 3 rings (SSSR count). The van der Waals surface area contributed by atoms with Crippen molar-refractivity contribution >= 4 is 12.2 Å². The summed E-state index contributed by atoms with van der Waals surface area (Å²) < 4.78 is 13.6. The molecule has 0 saturated carbocycles. The molecule has 1 N–H and O–H groups in total. The Kier molecular flexibility index (Phi) is 4.43. The van der Waals surface area contributed by atoms with E-state index in [9.17, 15) is 0 Å². The third kappa shape index (κ3) is 3.27. The minimum absolute atomic E-state index is 0.279. The standard InChI is InChI=1S/C17H17N3O2S/c1-12-8-9-14(15(10-12)21-2)22-11-16-18-19-17(23)20(16)13-6-4-3-5-7-13/h3-10H,11H2,1-2H3,(H,19,23). The number of para-hydroxylation sites is 1. The first kappa shape index (κ1) is 15.3. The molecule has 1 heterocycles. The second kappa shape index (κ2) is 6.66. The Morgan fingerprint density at radius 2 is 1.91 bits per heavy atom. The quantitative estimate of drug-likeness (QED) is 0.724. The molecule has 0 fully saturated rings. The monoisotopic (exact) mass is 327 g/mol. The van der Waals surface area contributed by atoms with E-state index in [1.807, 2.05) is 60.0 Å². The van der Waals surface area contributed by atoms with Crippen molar-refractivity contribution in [3.8, 4) is 17.2 Å². The number of ether oxygens (including phenoxy) is 2. The van der Waals surface area contributed by atoms with E-state index >= 15 is 0 Å². The molecule has 0 radical (unpaired) electrons. The van der Waals surface area contributed by atoms with E-state index in [-0.39, 0.29) is 6.61 Å². The SMILES string of the molecule is COc1cc(C)ccc1OCc1n[nH]c(=S)n1-c1ccccc1. The van der Waals surface area contributed by atoms with E-state index in [0.29, 0.717) is 22.1 Å². The summed E-state index contributed by atoms with van der Waals surface area (Å²) >= 11 is 5.32. The molecule has 0 bridgehead atoms. The third-order valence-corrected chi connectivity index (χ3v) is 3.71. The number of aromatic amines is 1. The van der Waals surface area contributed by atoms with Crippen LogP contribution in [0.5, 0.6) is 11.5 Å². The number of aromatic nitrogens is 3. The van der Waals surface area contributed by atoms with Crippen LogP contribution in [0.1, 0.15) is 11.4 Å². The number of nitrogens with one attached hydrogen (secondary N) is 1. The van der Waals surface area contributed by atoms with Crippen molar-refractivity contribution in [1.82, 2.24) is 14.8 Å². The summed E-state index contributed by atoms with van der Waals surface area (Å²) in [6, 6.07) is 15.6. The summed E-state index contributed by atoms with van der Waals surface area (Å²) in [5.74, 6) is 2.07. The Labute approximate surface area is 139 Å². The first-order valence-corrected chi connectivity index (χ1v) is 7.59. The van der Waals surface area contributed by atoms with Gasteiger partial charge in [0.25, 0.3) is 0 Å². The highest BCUT2D eigenvalue weighted by Gasteiger charge is 2.11. The summed E-state index contributed by atoms with van der Waals surface area (Å²) in [4.78, 5) is 0. The molecule has 2 aromatic carbocycles. The fourth-order valence-electron chi connectivity index (χ4n) is 2.31. The maximum absolute atomic E-state index is 5.87. The molecule has 0 aliphatic heterocycles. The van der Waals surface area contributed by atoms with E-state index in [4.69, 9.17) is 21.7 Å². The lowest BCUT2D eigenvalue weighted by Gasteiger charge is -2.12. The van der Waals surface area contributed by atoms with Crippen LogP contribution in [0.3, 0.4) is 0 Å². The van der Waals surface area contributed by atoms with Gasteiger partial charge in [0.2, 0.25) is 0 Å². The molecule has 23 heavy (non-hydrogen) atoms. The number of nitrogens with zero attached hydrogens (tertiary/aromatic N) is 2. The van der Waals surface area contributed by atoms with E-state index in [0.717, 1.165) is 11.3 Å². The predicted octanol–water partition coefficient (Wildman–Crippen LogP) is 3.83. The topological polar surface area (TPSA) is 52.1 Å². The van der Waals surface area contributed by atoms with E-state index in [2.05, 4.69) is 10.2 Å². The Morgan fingerprint density at radius 1 is 1.13 bits per heavy atom. The van der Waals surface area contributed by atoms with Crippen LogP contribution in [0.25, 0.3) is 5.69 Å². The van der Waals surface area contributed by atoms with Crippen molar-refractivity contribution < 1.29 is 9.47 Å². The zero-order valence-electron chi connectivity index (χ0n) is 12.9. The minimum Gasteiger partial charge on any atom is -0.493 e. The summed E-state index contributed by atoms with van der Waals surface area (Å²) in [6.45, 7) is 2.29. The van der Waals surface area contributed by atoms with Crippen LogP contribution in [0, 0.1) is 11.7 Å². The van der Waals surface area contributed by atoms with Gasteiger partial charge in [-0.05, 0) is 49.0 Å². The van der Waals surface area contributed by atoms with Crippen LogP contribution in [-0.4, -0.2) is 21.9 Å².